The standard InChI is InChI=1S/C21H14Cl2F2N2O2.C6H12O/c1-10-2-3-11-7-14-17(29-21(24)25)5-4-12(18(14)13(11)6-10)20(28)27-19-15(22)8-26-9-16(19)23;1-3-4-5-6(2)7/h2-6,8-9,21H,7H2,1H3,(H,26,27,28);3-5H2,1-2H3. The summed E-state index contributed by atoms with van der Waals surface area (Å²) < 4.78 is 30.5. The number of hydrogen-bond donors (Lipinski definition) is 1. The molecular weight excluding hydrogens is 509 g/mol. The largest absolute Gasteiger partial charge is 0.435 e. The van der Waals surface area contributed by atoms with Crippen molar-refractivity contribution >= 4 is 40.6 Å². The number of fused-ring (bicyclic) bond motifs is 3. The Kier molecular flexibility index (Phi) is 9.40. The Hall–Kier alpha value is -3.03. The van der Waals surface area contributed by atoms with Crippen LogP contribution in [-0.2, 0) is 11.2 Å². The molecule has 190 valence electrons. The number of halogens is 4. The molecule has 9 heteroatoms. The van der Waals surface area contributed by atoms with E-state index < -0.39 is 12.5 Å². The molecule has 0 unspecified atom stereocenters. The molecule has 1 N–H and O–H groups in total. The van der Waals surface area contributed by atoms with Crippen molar-refractivity contribution in [3.05, 3.63) is 75.0 Å². The van der Waals surface area contributed by atoms with E-state index in [1.807, 2.05) is 25.1 Å². The van der Waals surface area contributed by atoms with E-state index in [1.54, 1.807) is 6.92 Å². The van der Waals surface area contributed by atoms with Crippen LogP contribution < -0.4 is 10.1 Å². The zero-order chi connectivity index (χ0) is 26.4. The number of carbonyl (C=O) groups is 2. The van der Waals surface area contributed by atoms with Crippen LogP contribution in [0.15, 0.2) is 42.7 Å². The summed E-state index contributed by atoms with van der Waals surface area (Å²) in [6, 6.07) is 8.64. The first-order valence-corrected chi connectivity index (χ1v) is 12.2. The van der Waals surface area contributed by atoms with E-state index in [9.17, 15) is 18.4 Å². The maximum atomic E-state index is 13.1. The highest BCUT2D eigenvalue weighted by molar-refractivity contribution is 6.39. The quantitative estimate of drug-likeness (QED) is 0.261. The molecule has 0 radical (unpaired) electrons. The lowest BCUT2D eigenvalue weighted by Crippen LogP contribution is -2.15. The fraction of sp³-hybridized carbons (Fsp3) is 0.296. The van der Waals surface area contributed by atoms with E-state index in [-0.39, 0.29) is 21.5 Å². The maximum Gasteiger partial charge on any atom is 0.387 e. The number of amides is 1. The van der Waals surface area contributed by atoms with Gasteiger partial charge >= 0.3 is 6.61 Å². The van der Waals surface area contributed by atoms with Gasteiger partial charge in [-0.3, -0.25) is 9.78 Å². The van der Waals surface area contributed by atoms with Gasteiger partial charge in [0.2, 0.25) is 0 Å². The van der Waals surface area contributed by atoms with Gasteiger partial charge in [-0.1, -0.05) is 60.3 Å². The number of anilines is 1. The van der Waals surface area contributed by atoms with Gasteiger partial charge in [0, 0.05) is 41.9 Å². The Morgan fingerprint density at radius 3 is 2.42 bits per heavy atom. The number of benzene rings is 2. The summed E-state index contributed by atoms with van der Waals surface area (Å²) in [5.41, 5.74) is 4.41. The van der Waals surface area contributed by atoms with Gasteiger partial charge in [0.1, 0.15) is 11.5 Å². The van der Waals surface area contributed by atoms with Crippen LogP contribution in [-0.4, -0.2) is 23.3 Å². The van der Waals surface area contributed by atoms with Crippen LogP contribution in [0, 0.1) is 6.92 Å². The predicted octanol–water partition coefficient (Wildman–Crippen LogP) is 7.89. The molecule has 0 bridgehead atoms. The normalized spacial score (nSPS) is 11.3. The molecule has 0 saturated carbocycles. The highest BCUT2D eigenvalue weighted by Crippen LogP contribution is 2.44. The van der Waals surface area contributed by atoms with Gasteiger partial charge < -0.3 is 14.8 Å². The average molecular weight is 535 g/mol. The predicted molar refractivity (Wildman–Crippen MR) is 138 cm³/mol. The third kappa shape index (κ3) is 6.59. The van der Waals surface area contributed by atoms with Crippen molar-refractivity contribution < 1.29 is 23.1 Å². The van der Waals surface area contributed by atoms with Gasteiger partial charge in [0.05, 0.1) is 15.7 Å². The minimum Gasteiger partial charge on any atom is -0.435 e. The smallest absolute Gasteiger partial charge is 0.387 e. The van der Waals surface area contributed by atoms with Crippen molar-refractivity contribution in [3.63, 3.8) is 0 Å². The summed E-state index contributed by atoms with van der Waals surface area (Å²) in [6.07, 6.45) is 6.06. The highest BCUT2D eigenvalue weighted by atomic mass is 35.5. The molecule has 1 heterocycles. The van der Waals surface area contributed by atoms with Crippen molar-refractivity contribution in [2.24, 2.45) is 0 Å². The first-order valence-electron chi connectivity index (χ1n) is 11.4. The number of aryl methyl sites for hydroxylation is 1. The molecule has 0 atom stereocenters. The summed E-state index contributed by atoms with van der Waals surface area (Å²) in [5, 5.41) is 3.08. The molecule has 0 saturated heterocycles. The number of nitrogens with zero attached hydrogens (tertiary/aromatic N) is 1. The minimum absolute atomic E-state index is 0.0559. The lowest BCUT2D eigenvalue weighted by Gasteiger charge is -2.15. The number of pyridine rings is 1. The Morgan fingerprint density at radius 1 is 1.14 bits per heavy atom. The third-order valence-corrected chi connectivity index (χ3v) is 6.18. The Morgan fingerprint density at radius 2 is 1.83 bits per heavy atom. The van der Waals surface area contributed by atoms with Crippen LogP contribution in [0.1, 0.15) is 60.2 Å². The van der Waals surface area contributed by atoms with Crippen LogP contribution in [0.25, 0.3) is 11.1 Å². The molecule has 2 aromatic carbocycles. The maximum absolute atomic E-state index is 13.1. The molecule has 5 nitrogen and oxygen atoms in total. The van der Waals surface area contributed by atoms with Crippen molar-refractivity contribution in [1.29, 1.82) is 0 Å². The molecule has 0 aliphatic heterocycles. The molecular formula is C27H26Cl2F2N2O3. The number of ketones is 1. The SMILES string of the molecule is CCCCC(C)=O.Cc1ccc2c(c1)-c1c(C(=O)Nc3c(Cl)cncc3Cl)ccc(OC(F)F)c1C2. The van der Waals surface area contributed by atoms with Gasteiger partial charge in [-0.2, -0.15) is 8.78 Å². The minimum atomic E-state index is -2.96. The number of ether oxygens (including phenoxy) is 1. The van der Waals surface area contributed by atoms with E-state index in [4.69, 9.17) is 27.9 Å². The topological polar surface area (TPSA) is 68.3 Å². The second kappa shape index (κ2) is 12.3. The summed E-state index contributed by atoms with van der Waals surface area (Å²) in [4.78, 5) is 27.1. The number of Topliss-reactive ketones (excluding diaryl/α,β-unsaturated/α-hetero) is 1. The van der Waals surface area contributed by atoms with Gasteiger partial charge in [0.25, 0.3) is 5.91 Å². The zero-order valence-electron chi connectivity index (χ0n) is 20.1. The fourth-order valence-corrected chi connectivity index (χ4v) is 4.37. The van der Waals surface area contributed by atoms with Gasteiger partial charge in [-0.15, -0.1) is 0 Å². The number of aromatic nitrogens is 1. The van der Waals surface area contributed by atoms with Crippen LogP contribution >= 0.6 is 23.2 Å². The number of nitrogens with one attached hydrogen (secondary N) is 1. The second-order valence-corrected chi connectivity index (χ2v) is 9.23. The number of alkyl halides is 2. The number of hydrogen-bond acceptors (Lipinski definition) is 4. The van der Waals surface area contributed by atoms with Gasteiger partial charge in [-0.05, 0) is 43.5 Å². The van der Waals surface area contributed by atoms with Gasteiger partial charge in [-0.25, -0.2) is 0 Å². The van der Waals surface area contributed by atoms with Crippen molar-refractivity contribution in [3.8, 4) is 16.9 Å². The van der Waals surface area contributed by atoms with Crippen molar-refractivity contribution in [2.45, 2.75) is 53.1 Å². The lowest BCUT2D eigenvalue weighted by molar-refractivity contribution is -0.117. The zero-order valence-corrected chi connectivity index (χ0v) is 21.6. The average Bonchev–Trinajstić information content (AvgIpc) is 3.19. The summed E-state index contributed by atoms with van der Waals surface area (Å²) in [5.74, 6) is -0.101. The van der Waals surface area contributed by atoms with E-state index in [1.165, 1.54) is 24.5 Å². The molecule has 4 rings (SSSR count). The van der Waals surface area contributed by atoms with Gasteiger partial charge in [0.15, 0.2) is 0 Å². The number of rotatable bonds is 7. The highest BCUT2D eigenvalue weighted by Gasteiger charge is 2.29. The molecule has 3 aromatic rings. The third-order valence-electron chi connectivity index (χ3n) is 5.61. The molecule has 1 aliphatic rings. The van der Waals surface area contributed by atoms with E-state index in [0.29, 0.717) is 28.9 Å². The molecule has 0 spiro atoms. The van der Waals surface area contributed by atoms with E-state index in [0.717, 1.165) is 36.0 Å². The molecule has 1 aromatic heterocycles. The second-order valence-electron chi connectivity index (χ2n) is 8.42. The van der Waals surface area contributed by atoms with Crippen molar-refractivity contribution in [1.82, 2.24) is 4.98 Å². The fourth-order valence-electron chi connectivity index (χ4n) is 3.91. The molecule has 36 heavy (non-hydrogen) atoms. The van der Waals surface area contributed by atoms with Crippen LogP contribution in [0.2, 0.25) is 10.0 Å². The number of carbonyl (C=O) groups excluding carboxylic acids is 2. The summed E-state index contributed by atoms with van der Waals surface area (Å²) >= 11 is 12.2. The van der Waals surface area contributed by atoms with Crippen LogP contribution in [0.5, 0.6) is 5.75 Å². The lowest BCUT2D eigenvalue weighted by atomic mass is 9.97. The first kappa shape index (κ1) is 27.6. The van der Waals surface area contributed by atoms with Crippen molar-refractivity contribution in [2.75, 3.05) is 5.32 Å². The van der Waals surface area contributed by atoms with E-state index in [2.05, 4.69) is 17.2 Å². The van der Waals surface area contributed by atoms with E-state index >= 15 is 0 Å². The Balaban J connectivity index is 0.000000454. The molecule has 1 amide bonds. The first-order chi connectivity index (χ1) is 17.1. The summed E-state index contributed by atoms with van der Waals surface area (Å²) in [7, 11) is 0. The van der Waals surface area contributed by atoms with Crippen LogP contribution in [0.3, 0.4) is 0 Å². The Bertz CT molecular complexity index is 1260. The summed E-state index contributed by atoms with van der Waals surface area (Å²) in [6.45, 7) is 2.69. The monoisotopic (exact) mass is 534 g/mol. The van der Waals surface area contributed by atoms with Crippen LogP contribution in [0.4, 0.5) is 14.5 Å². The number of unbranched alkanes of at least 4 members (excludes halogenated alkanes) is 1. The molecule has 0 fully saturated rings. The molecule has 1 aliphatic carbocycles. The Labute approximate surface area is 218 Å².